The van der Waals surface area contributed by atoms with Crippen LogP contribution in [0.2, 0.25) is 0 Å². The van der Waals surface area contributed by atoms with E-state index in [0.717, 1.165) is 11.6 Å². The highest BCUT2D eigenvalue weighted by atomic mass is 19.1. The highest BCUT2D eigenvalue weighted by Gasteiger charge is 2.13. The van der Waals surface area contributed by atoms with Crippen LogP contribution in [-0.4, -0.2) is 11.5 Å². The molecule has 1 aromatic carbocycles. The van der Waals surface area contributed by atoms with Gasteiger partial charge in [0.1, 0.15) is 17.2 Å². The van der Waals surface area contributed by atoms with Gasteiger partial charge in [0.2, 0.25) is 0 Å². The summed E-state index contributed by atoms with van der Waals surface area (Å²) in [5.41, 5.74) is 1.17. The van der Waals surface area contributed by atoms with Crippen molar-refractivity contribution >= 4 is 16.7 Å². The van der Waals surface area contributed by atoms with Crippen molar-refractivity contribution in [2.75, 3.05) is 11.9 Å². The molecule has 0 fully saturated rings. The first-order chi connectivity index (χ1) is 8.52. The van der Waals surface area contributed by atoms with Crippen LogP contribution in [0.5, 0.6) is 0 Å². The molecule has 2 rings (SSSR count). The fourth-order valence-electron chi connectivity index (χ4n) is 1.98. The third-order valence-electron chi connectivity index (χ3n) is 2.83. The second kappa shape index (κ2) is 4.88. The summed E-state index contributed by atoms with van der Waals surface area (Å²) in [5, 5.41) is 3.62. The van der Waals surface area contributed by atoms with E-state index >= 15 is 0 Å². The lowest BCUT2D eigenvalue weighted by molar-refractivity contribution is 0.590. The summed E-state index contributed by atoms with van der Waals surface area (Å²) in [6.07, 6.45) is 0. The molecule has 0 saturated carbocycles. The summed E-state index contributed by atoms with van der Waals surface area (Å²) in [4.78, 5) is 4.27. The first-order valence-corrected chi connectivity index (χ1v) is 6.06. The molecule has 1 N–H and O–H groups in total. The van der Waals surface area contributed by atoms with E-state index in [9.17, 15) is 8.78 Å². The number of benzene rings is 1. The monoisotopic (exact) mass is 250 g/mol. The topological polar surface area (TPSA) is 24.9 Å². The summed E-state index contributed by atoms with van der Waals surface area (Å²) in [6.45, 7) is 6.72. The second-order valence-corrected chi connectivity index (χ2v) is 4.57. The molecule has 0 unspecified atom stereocenters. The van der Waals surface area contributed by atoms with Crippen molar-refractivity contribution in [2.24, 2.45) is 0 Å². The van der Waals surface area contributed by atoms with E-state index in [1.54, 1.807) is 6.07 Å². The molecule has 18 heavy (non-hydrogen) atoms. The summed E-state index contributed by atoms with van der Waals surface area (Å²) in [7, 11) is 0. The van der Waals surface area contributed by atoms with Crippen molar-refractivity contribution in [3.05, 3.63) is 35.4 Å². The third-order valence-corrected chi connectivity index (χ3v) is 2.83. The second-order valence-electron chi connectivity index (χ2n) is 4.57. The van der Waals surface area contributed by atoms with E-state index < -0.39 is 11.6 Å². The van der Waals surface area contributed by atoms with Gasteiger partial charge in [-0.15, -0.1) is 0 Å². The van der Waals surface area contributed by atoms with E-state index in [4.69, 9.17) is 0 Å². The smallest absolute Gasteiger partial charge is 0.152 e. The summed E-state index contributed by atoms with van der Waals surface area (Å²) in [6, 6.07) is 3.98. The van der Waals surface area contributed by atoms with E-state index in [0.29, 0.717) is 17.7 Å². The van der Waals surface area contributed by atoms with Gasteiger partial charge in [-0.25, -0.2) is 13.8 Å². The standard InChI is InChI=1S/C14H16F2N2/c1-4-17-14-11(8(2)3)6-9-5-10(15)7-12(16)13(9)18-14/h5-8H,4H2,1-3H3,(H,17,18). The van der Waals surface area contributed by atoms with Crippen LogP contribution in [0.3, 0.4) is 0 Å². The lowest BCUT2D eigenvalue weighted by Crippen LogP contribution is -2.05. The molecule has 0 aliphatic rings. The van der Waals surface area contributed by atoms with Gasteiger partial charge < -0.3 is 5.32 Å². The number of hydrogen-bond donors (Lipinski definition) is 1. The van der Waals surface area contributed by atoms with Crippen molar-refractivity contribution in [3.8, 4) is 0 Å². The van der Waals surface area contributed by atoms with Crippen molar-refractivity contribution in [2.45, 2.75) is 26.7 Å². The molecule has 0 spiro atoms. The molecule has 0 bridgehead atoms. The number of rotatable bonds is 3. The van der Waals surface area contributed by atoms with Crippen LogP contribution in [0.25, 0.3) is 10.9 Å². The SMILES string of the molecule is CCNc1nc2c(F)cc(F)cc2cc1C(C)C. The fraction of sp³-hybridized carbons (Fsp3) is 0.357. The molecule has 0 radical (unpaired) electrons. The molecule has 0 saturated heterocycles. The Morgan fingerprint density at radius 2 is 1.94 bits per heavy atom. The van der Waals surface area contributed by atoms with Crippen molar-refractivity contribution in [1.82, 2.24) is 4.98 Å². The van der Waals surface area contributed by atoms with Gasteiger partial charge in [0.25, 0.3) is 0 Å². The van der Waals surface area contributed by atoms with E-state index in [2.05, 4.69) is 10.3 Å². The average molecular weight is 250 g/mol. The number of fused-ring (bicyclic) bond motifs is 1. The van der Waals surface area contributed by atoms with E-state index in [1.807, 2.05) is 20.8 Å². The summed E-state index contributed by atoms with van der Waals surface area (Å²) < 4.78 is 26.9. The molecule has 2 nitrogen and oxygen atoms in total. The summed E-state index contributed by atoms with van der Waals surface area (Å²) >= 11 is 0. The first-order valence-electron chi connectivity index (χ1n) is 6.06. The number of anilines is 1. The lowest BCUT2D eigenvalue weighted by atomic mass is 10.0. The quantitative estimate of drug-likeness (QED) is 0.888. The molecule has 0 aliphatic carbocycles. The van der Waals surface area contributed by atoms with Crippen LogP contribution in [0.1, 0.15) is 32.3 Å². The normalized spacial score (nSPS) is 11.2. The van der Waals surface area contributed by atoms with Crippen molar-refractivity contribution in [3.63, 3.8) is 0 Å². The van der Waals surface area contributed by atoms with Gasteiger partial charge in [-0.2, -0.15) is 0 Å². The van der Waals surface area contributed by atoms with Gasteiger partial charge in [0.05, 0.1) is 0 Å². The number of hydrogen-bond acceptors (Lipinski definition) is 2. The molecule has 0 amide bonds. The number of nitrogens with one attached hydrogen (secondary N) is 1. The maximum absolute atomic E-state index is 13.7. The third kappa shape index (κ3) is 2.28. The highest BCUT2D eigenvalue weighted by molar-refractivity contribution is 5.82. The predicted molar refractivity (Wildman–Crippen MR) is 69.9 cm³/mol. The molecule has 1 heterocycles. The zero-order valence-corrected chi connectivity index (χ0v) is 10.7. The van der Waals surface area contributed by atoms with Crippen LogP contribution in [0, 0.1) is 11.6 Å². The molecule has 96 valence electrons. The van der Waals surface area contributed by atoms with Crippen LogP contribution in [0.4, 0.5) is 14.6 Å². The maximum atomic E-state index is 13.7. The molecule has 2 aromatic rings. The molecule has 0 atom stereocenters. The Morgan fingerprint density at radius 1 is 1.22 bits per heavy atom. The highest BCUT2D eigenvalue weighted by Crippen LogP contribution is 2.28. The van der Waals surface area contributed by atoms with E-state index in [-0.39, 0.29) is 11.4 Å². The van der Waals surface area contributed by atoms with Crippen molar-refractivity contribution in [1.29, 1.82) is 0 Å². The van der Waals surface area contributed by atoms with Gasteiger partial charge in [0, 0.05) is 18.0 Å². The first kappa shape index (κ1) is 12.7. The largest absolute Gasteiger partial charge is 0.370 e. The van der Waals surface area contributed by atoms with Gasteiger partial charge in [-0.1, -0.05) is 13.8 Å². The van der Waals surface area contributed by atoms with Gasteiger partial charge in [-0.05, 0) is 30.5 Å². The van der Waals surface area contributed by atoms with Crippen LogP contribution in [0.15, 0.2) is 18.2 Å². The van der Waals surface area contributed by atoms with Crippen molar-refractivity contribution < 1.29 is 8.78 Å². The molecular weight excluding hydrogens is 234 g/mol. The minimum atomic E-state index is -0.626. The Bertz CT molecular complexity index is 580. The van der Waals surface area contributed by atoms with Gasteiger partial charge in [0.15, 0.2) is 5.82 Å². The molecule has 0 aliphatic heterocycles. The number of nitrogens with zero attached hydrogens (tertiary/aromatic N) is 1. The van der Waals surface area contributed by atoms with Gasteiger partial charge >= 0.3 is 0 Å². The lowest BCUT2D eigenvalue weighted by Gasteiger charge is -2.14. The maximum Gasteiger partial charge on any atom is 0.152 e. The number of pyridine rings is 1. The molecule has 1 aromatic heterocycles. The predicted octanol–water partition coefficient (Wildman–Crippen LogP) is 4.07. The Kier molecular flexibility index (Phi) is 3.45. The fourth-order valence-corrected chi connectivity index (χ4v) is 1.98. The van der Waals surface area contributed by atoms with Crippen LogP contribution in [-0.2, 0) is 0 Å². The molecule has 4 heteroatoms. The van der Waals surface area contributed by atoms with Crippen LogP contribution < -0.4 is 5.32 Å². The Hall–Kier alpha value is -1.71. The Labute approximate surface area is 105 Å². The number of aromatic nitrogens is 1. The summed E-state index contributed by atoms with van der Waals surface area (Å²) in [5.74, 6) is -0.292. The Morgan fingerprint density at radius 3 is 2.56 bits per heavy atom. The van der Waals surface area contributed by atoms with Gasteiger partial charge in [-0.3, -0.25) is 0 Å². The molecular formula is C14H16F2N2. The minimum Gasteiger partial charge on any atom is -0.370 e. The Balaban J connectivity index is 2.72. The average Bonchev–Trinajstić information content (AvgIpc) is 2.29. The number of halogens is 2. The van der Waals surface area contributed by atoms with E-state index in [1.165, 1.54) is 6.07 Å². The zero-order chi connectivity index (χ0) is 13.3. The minimum absolute atomic E-state index is 0.205. The van der Waals surface area contributed by atoms with Crippen LogP contribution >= 0.6 is 0 Å². The zero-order valence-electron chi connectivity index (χ0n) is 10.7.